The zero-order valence-corrected chi connectivity index (χ0v) is 20.5. The molecule has 13 heteroatoms. The van der Waals surface area contributed by atoms with E-state index in [9.17, 15) is 22.8 Å². The minimum absolute atomic E-state index is 0.0178. The largest absolute Gasteiger partial charge is 0.494 e. The van der Waals surface area contributed by atoms with Crippen LogP contribution in [0.1, 0.15) is 12.5 Å². The van der Waals surface area contributed by atoms with Gasteiger partial charge in [0.05, 0.1) is 17.9 Å². The Morgan fingerprint density at radius 3 is 2.69 bits per heavy atom. The number of nitrogens with zero attached hydrogens (tertiary/aromatic N) is 2. The monoisotopic (exact) mass is 538 g/mol. The van der Waals surface area contributed by atoms with Crippen molar-refractivity contribution in [3.63, 3.8) is 0 Å². The number of ether oxygens (including phenoxy) is 1. The minimum atomic E-state index is -4.52. The van der Waals surface area contributed by atoms with Crippen LogP contribution >= 0.6 is 35.3 Å². The van der Waals surface area contributed by atoms with Gasteiger partial charge in [0, 0.05) is 11.4 Å². The smallest absolute Gasteiger partial charge is 0.416 e. The molecule has 2 heterocycles. The van der Waals surface area contributed by atoms with Crippen molar-refractivity contribution in [1.29, 1.82) is 0 Å². The van der Waals surface area contributed by atoms with E-state index in [4.69, 9.17) is 17.0 Å². The molecule has 4 aromatic rings. The Morgan fingerprint density at radius 2 is 2.00 bits per heavy atom. The van der Waals surface area contributed by atoms with Gasteiger partial charge in [0.2, 0.25) is 5.91 Å². The van der Waals surface area contributed by atoms with Gasteiger partial charge in [0.15, 0.2) is 14.8 Å². The summed E-state index contributed by atoms with van der Waals surface area (Å²) in [5.41, 5.74) is -0.217. The molecular formula is C22H17F3N4O3S3. The van der Waals surface area contributed by atoms with E-state index >= 15 is 0 Å². The number of H-pyrrole nitrogens is 1. The third kappa shape index (κ3) is 5.74. The van der Waals surface area contributed by atoms with Crippen molar-refractivity contribution in [2.75, 3.05) is 17.7 Å². The Hall–Kier alpha value is -3.16. The zero-order valence-electron chi connectivity index (χ0n) is 18.0. The second-order valence-corrected chi connectivity index (χ2v) is 9.68. The summed E-state index contributed by atoms with van der Waals surface area (Å²) in [5, 5.41) is 2.60. The number of hydrogen-bond acceptors (Lipinski definition) is 7. The molecule has 0 aliphatic rings. The lowest BCUT2D eigenvalue weighted by molar-refractivity contribution is -0.137. The van der Waals surface area contributed by atoms with Crippen LogP contribution in [0.3, 0.4) is 0 Å². The van der Waals surface area contributed by atoms with Crippen molar-refractivity contribution in [3.8, 4) is 11.4 Å². The first kappa shape index (κ1) is 24.9. The molecule has 0 bridgehead atoms. The summed E-state index contributed by atoms with van der Waals surface area (Å²) in [6.45, 7) is 2.41. The van der Waals surface area contributed by atoms with E-state index in [0.29, 0.717) is 32.3 Å². The topological polar surface area (TPSA) is 89.0 Å². The van der Waals surface area contributed by atoms with Gasteiger partial charge in [-0.15, -0.1) is 0 Å². The number of thioether (sulfide) groups is 1. The Labute approximate surface area is 210 Å². The summed E-state index contributed by atoms with van der Waals surface area (Å²) in [7, 11) is 0. The maximum Gasteiger partial charge on any atom is 0.416 e. The Morgan fingerprint density at radius 1 is 1.26 bits per heavy atom. The Kier molecular flexibility index (Phi) is 7.28. The van der Waals surface area contributed by atoms with Crippen molar-refractivity contribution in [1.82, 2.24) is 14.5 Å². The molecule has 0 aliphatic heterocycles. The number of thiazole rings is 1. The first-order valence-electron chi connectivity index (χ1n) is 10.1. The number of anilines is 1. The lowest BCUT2D eigenvalue weighted by Gasteiger charge is -2.10. The molecule has 7 nitrogen and oxygen atoms in total. The number of aromatic amines is 1. The third-order valence-corrected chi connectivity index (χ3v) is 6.88. The van der Waals surface area contributed by atoms with Crippen LogP contribution in [-0.4, -0.2) is 32.8 Å². The molecule has 0 fully saturated rings. The molecule has 2 N–H and O–H groups in total. The van der Waals surface area contributed by atoms with Crippen molar-refractivity contribution in [2.45, 2.75) is 18.3 Å². The SMILES string of the molecule is CCOc1ccc(-n2c(=S)sc3c(=O)[nH]c(SCC(=O)Nc4cccc(C(F)(F)F)c4)nc32)cc1. The van der Waals surface area contributed by atoms with E-state index in [1.54, 1.807) is 28.8 Å². The van der Waals surface area contributed by atoms with Crippen LogP contribution < -0.4 is 15.6 Å². The van der Waals surface area contributed by atoms with Gasteiger partial charge in [-0.25, -0.2) is 4.98 Å². The molecule has 0 radical (unpaired) electrons. The number of carbonyl (C=O) groups is 1. The average molecular weight is 539 g/mol. The lowest BCUT2D eigenvalue weighted by atomic mass is 10.2. The summed E-state index contributed by atoms with van der Waals surface area (Å²) in [4.78, 5) is 32.0. The fraction of sp³-hybridized carbons (Fsp3) is 0.182. The quantitative estimate of drug-likeness (QED) is 0.180. The van der Waals surface area contributed by atoms with Crippen molar-refractivity contribution in [2.24, 2.45) is 0 Å². The molecule has 0 atom stereocenters. The molecule has 0 unspecified atom stereocenters. The van der Waals surface area contributed by atoms with Crippen molar-refractivity contribution in [3.05, 3.63) is 68.4 Å². The molecule has 2 aromatic heterocycles. The van der Waals surface area contributed by atoms with Gasteiger partial charge < -0.3 is 15.0 Å². The number of fused-ring (bicyclic) bond motifs is 1. The van der Waals surface area contributed by atoms with Gasteiger partial charge in [0.25, 0.3) is 5.56 Å². The van der Waals surface area contributed by atoms with Gasteiger partial charge in [-0.3, -0.25) is 14.2 Å². The molecule has 35 heavy (non-hydrogen) atoms. The van der Waals surface area contributed by atoms with Crippen LogP contribution in [0.15, 0.2) is 58.5 Å². The molecule has 182 valence electrons. The van der Waals surface area contributed by atoms with E-state index < -0.39 is 23.2 Å². The standard InChI is InChI=1S/C22H17F3N4O3S3/c1-2-32-15-8-6-14(7-9-15)29-18-17(35-21(29)33)19(31)28-20(27-18)34-11-16(30)26-13-5-3-4-12(10-13)22(23,24)25/h3-10H,2,11H2,1H3,(H,26,30)(H,27,28,31). The Bertz CT molecular complexity index is 1490. The average Bonchev–Trinajstić information content (AvgIpc) is 3.14. The molecule has 4 rings (SSSR count). The van der Waals surface area contributed by atoms with Crippen LogP contribution in [-0.2, 0) is 11.0 Å². The van der Waals surface area contributed by atoms with Crippen LogP contribution in [0, 0.1) is 3.95 Å². The maximum atomic E-state index is 12.9. The highest BCUT2D eigenvalue weighted by molar-refractivity contribution is 7.99. The van der Waals surface area contributed by atoms with Crippen molar-refractivity contribution < 1.29 is 22.7 Å². The van der Waals surface area contributed by atoms with E-state index in [2.05, 4.69) is 15.3 Å². The number of nitrogens with one attached hydrogen (secondary N) is 2. The molecule has 0 spiro atoms. The molecule has 0 saturated carbocycles. The summed E-state index contributed by atoms with van der Waals surface area (Å²) in [6, 6.07) is 11.5. The van der Waals surface area contributed by atoms with Crippen LogP contribution in [0.4, 0.5) is 18.9 Å². The molecule has 1 amide bonds. The molecule has 0 saturated heterocycles. The fourth-order valence-corrected chi connectivity index (χ4v) is 5.08. The number of halogens is 3. The second-order valence-electron chi connectivity index (χ2n) is 7.07. The number of aromatic nitrogens is 3. The highest BCUT2D eigenvalue weighted by atomic mass is 32.2. The van der Waals surface area contributed by atoms with Crippen LogP contribution in [0.2, 0.25) is 0 Å². The first-order chi connectivity index (χ1) is 16.7. The number of rotatable bonds is 7. The Balaban J connectivity index is 1.54. The number of alkyl halides is 3. The number of benzene rings is 2. The van der Waals surface area contributed by atoms with E-state index in [1.165, 1.54) is 12.1 Å². The minimum Gasteiger partial charge on any atom is -0.494 e. The van der Waals surface area contributed by atoms with Gasteiger partial charge in [-0.1, -0.05) is 29.2 Å². The molecular weight excluding hydrogens is 521 g/mol. The third-order valence-electron chi connectivity index (χ3n) is 4.64. The highest BCUT2D eigenvalue weighted by Gasteiger charge is 2.30. The van der Waals surface area contributed by atoms with E-state index in [0.717, 1.165) is 35.2 Å². The summed E-state index contributed by atoms with van der Waals surface area (Å²) in [5.74, 6) is -0.0413. The van der Waals surface area contributed by atoms with Crippen LogP contribution in [0.5, 0.6) is 5.75 Å². The van der Waals surface area contributed by atoms with Gasteiger partial charge in [-0.2, -0.15) is 13.2 Å². The predicted molar refractivity (Wildman–Crippen MR) is 132 cm³/mol. The van der Waals surface area contributed by atoms with E-state index in [-0.39, 0.29) is 16.6 Å². The first-order valence-corrected chi connectivity index (χ1v) is 12.4. The number of carbonyl (C=O) groups excluding carboxylic acids is 1. The zero-order chi connectivity index (χ0) is 25.2. The highest BCUT2D eigenvalue weighted by Crippen LogP contribution is 2.31. The summed E-state index contributed by atoms with van der Waals surface area (Å²) >= 11 is 7.50. The van der Waals surface area contributed by atoms with Crippen molar-refractivity contribution >= 4 is 57.3 Å². The second kappa shape index (κ2) is 10.2. The summed E-state index contributed by atoms with van der Waals surface area (Å²) in [6.07, 6.45) is -4.52. The normalized spacial score (nSPS) is 11.5. The van der Waals surface area contributed by atoms with Gasteiger partial charge in [-0.05, 0) is 61.6 Å². The number of hydrogen-bond donors (Lipinski definition) is 2. The van der Waals surface area contributed by atoms with Gasteiger partial charge >= 0.3 is 6.18 Å². The van der Waals surface area contributed by atoms with E-state index in [1.807, 2.05) is 6.92 Å². The lowest BCUT2D eigenvalue weighted by Crippen LogP contribution is -2.16. The molecule has 0 aliphatic carbocycles. The van der Waals surface area contributed by atoms with Crippen LogP contribution in [0.25, 0.3) is 16.0 Å². The molecule has 2 aromatic carbocycles. The van der Waals surface area contributed by atoms with Gasteiger partial charge in [0.1, 0.15) is 10.4 Å². The number of amides is 1. The maximum absolute atomic E-state index is 12.9. The predicted octanol–water partition coefficient (Wildman–Crippen LogP) is 5.65. The summed E-state index contributed by atoms with van der Waals surface area (Å²) < 4.78 is 46.5. The fourth-order valence-electron chi connectivity index (χ4n) is 3.15.